The zero-order valence-electron chi connectivity index (χ0n) is 20.2. The lowest BCUT2D eigenvalue weighted by molar-refractivity contribution is 0.0255. The molecule has 3 aromatic carbocycles. The van der Waals surface area contributed by atoms with Crippen LogP contribution in [0.25, 0.3) is 10.9 Å². The molecule has 174 valence electrons. The molecule has 4 aromatic rings. The number of aromatic nitrogens is 1. The van der Waals surface area contributed by atoms with Crippen LogP contribution in [0.15, 0.2) is 66.7 Å². The molecule has 0 spiro atoms. The smallest absolute Gasteiger partial charge is 0.340 e. The van der Waals surface area contributed by atoms with Gasteiger partial charge in [0.25, 0.3) is 0 Å². The fourth-order valence-electron chi connectivity index (χ4n) is 5.52. The van der Waals surface area contributed by atoms with Crippen LogP contribution in [0.3, 0.4) is 0 Å². The molecule has 34 heavy (non-hydrogen) atoms. The van der Waals surface area contributed by atoms with E-state index in [0.717, 1.165) is 64.3 Å². The molecule has 5 nitrogen and oxygen atoms in total. The zero-order valence-corrected chi connectivity index (χ0v) is 20.2. The quantitative estimate of drug-likeness (QED) is 0.323. The molecule has 1 aliphatic heterocycles. The van der Waals surface area contributed by atoms with E-state index in [1.807, 2.05) is 24.3 Å². The van der Waals surface area contributed by atoms with E-state index in [9.17, 15) is 4.79 Å². The number of aryl methyl sites for hydroxylation is 1. The molecule has 0 bridgehead atoms. The molecule has 0 radical (unpaired) electrons. The van der Waals surface area contributed by atoms with Crippen LogP contribution in [0.5, 0.6) is 0 Å². The van der Waals surface area contributed by atoms with Crippen LogP contribution >= 0.6 is 0 Å². The van der Waals surface area contributed by atoms with E-state index in [4.69, 9.17) is 4.74 Å². The van der Waals surface area contributed by atoms with E-state index in [2.05, 4.69) is 85.4 Å². The lowest BCUT2D eigenvalue weighted by Crippen LogP contribution is -2.31. The van der Waals surface area contributed by atoms with Crippen LogP contribution in [0.4, 0.5) is 11.4 Å². The Bertz CT molecular complexity index is 1390. The molecular formula is C29H31N3O2. The number of para-hydroxylation sites is 1. The Kier molecular flexibility index (Phi) is 5.56. The zero-order chi connectivity index (χ0) is 23.9. The number of hydrogen-bond acceptors (Lipinski definition) is 4. The highest BCUT2D eigenvalue weighted by atomic mass is 16.6. The van der Waals surface area contributed by atoms with Gasteiger partial charge in [-0.3, -0.25) is 0 Å². The molecule has 2 N–H and O–H groups in total. The maximum Gasteiger partial charge on any atom is 0.340 e. The van der Waals surface area contributed by atoms with E-state index in [-0.39, 0.29) is 5.97 Å². The third-order valence-corrected chi connectivity index (χ3v) is 6.82. The summed E-state index contributed by atoms with van der Waals surface area (Å²) < 4.78 is 8.82. The average Bonchev–Trinajstić information content (AvgIpc) is 3.31. The van der Waals surface area contributed by atoms with Gasteiger partial charge in [0.05, 0.1) is 5.56 Å². The maximum atomic E-state index is 13.3. The standard InChI is InChI=1S/C29H31N3O2/c1-5-30-20-16-17-24(25(18-20)31-6-2)29(23-14-10-8-12-21(23)28(33)34-29)27-19(4)32(7-3)26-15-11-9-13-22(26)27/h8-18,30-31H,5-7H2,1-4H3. The molecule has 0 amide bonds. The summed E-state index contributed by atoms with van der Waals surface area (Å²) in [5, 5.41) is 8.05. The van der Waals surface area contributed by atoms with Crippen molar-refractivity contribution in [3.8, 4) is 0 Å². The van der Waals surface area contributed by atoms with Gasteiger partial charge < -0.3 is 19.9 Å². The lowest BCUT2D eigenvalue weighted by Gasteiger charge is -2.33. The van der Waals surface area contributed by atoms with Crippen LogP contribution < -0.4 is 10.6 Å². The molecule has 5 heteroatoms. The van der Waals surface area contributed by atoms with E-state index in [1.54, 1.807) is 0 Å². The van der Waals surface area contributed by atoms with Crippen molar-refractivity contribution < 1.29 is 9.53 Å². The van der Waals surface area contributed by atoms with Crippen LogP contribution in [0, 0.1) is 6.92 Å². The van der Waals surface area contributed by atoms with Crippen molar-refractivity contribution in [2.45, 2.75) is 39.8 Å². The van der Waals surface area contributed by atoms with Gasteiger partial charge in [0.2, 0.25) is 0 Å². The Labute approximate surface area is 200 Å². The van der Waals surface area contributed by atoms with Crippen LogP contribution in [0.2, 0.25) is 0 Å². The van der Waals surface area contributed by atoms with E-state index >= 15 is 0 Å². The minimum atomic E-state index is -1.06. The van der Waals surface area contributed by atoms with Gasteiger partial charge in [-0.25, -0.2) is 4.79 Å². The fraction of sp³-hybridized carbons (Fsp3) is 0.276. The van der Waals surface area contributed by atoms with Gasteiger partial charge >= 0.3 is 5.97 Å². The first-order valence-electron chi connectivity index (χ1n) is 12.1. The minimum Gasteiger partial charge on any atom is -0.440 e. The number of hydrogen-bond donors (Lipinski definition) is 2. The number of carbonyl (C=O) groups is 1. The predicted molar refractivity (Wildman–Crippen MR) is 139 cm³/mol. The summed E-state index contributed by atoms with van der Waals surface area (Å²) in [6, 6.07) is 22.5. The summed E-state index contributed by atoms with van der Waals surface area (Å²) >= 11 is 0. The Morgan fingerprint density at radius 2 is 1.62 bits per heavy atom. The average molecular weight is 454 g/mol. The largest absolute Gasteiger partial charge is 0.440 e. The second-order valence-corrected chi connectivity index (χ2v) is 8.66. The molecular weight excluding hydrogens is 422 g/mol. The molecule has 1 atom stereocenters. The normalized spacial score (nSPS) is 17.0. The second-order valence-electron chi connectivity index (χ2n) is 8.66. The molecule has 0 saturated heterocycles. The SMILES string of the molecule is CCNc1ccc(C2(c3c(C)n(CC)c4ccccc34)OC(=O)c3ccccc32)c(NCC)c1. The molecule has 0 fully saturated rings. The Hall–Kier alpha value is -3.73. The Morgan fingerprint density at radius 3 is 2.38 bits per heavy atom. The van der Waals surface area contributed by atoms with Crippen molar-refractivity contribution in [1.82, 2.24) is 4.57 Å². The van der Waals surface area contributed by atoms with Gasteiger partial charge in [0, 0.05) is 64.3 Å². The van der Waals surface area contributed by atoms with Gasteiger partial charge in [-0.2, -0.15) is 0 Å². The predicted octanol–water partition coefficient (Wildman–Crippen LogP) is 6.30. The molecule has 0 aliphatic carbocycles. The summed E-state index contributed by atoms with van der Waals surface area (Å²) in [4.78, 5) is 13.3. The van der Waals surface area contributed by atoms with E-state index in [0.29, 0.717) is 5.56 Å². The minimum absolute atomic E-state index is 0.290. The first-order chi connectivity index (χ1) is 16.6. The number of anilines is 2. The number of fused-ring (bicyclic) bond motifs is 2. The van der Waals surface area contributed by atoms with E-state index in [1.165, 1.54) is 0 Å². The number of nitrogens with one attached hydrogen (secondary N) is 2. The summed E-state index contributed by atoms with van der Waals surface area (Å²) in [5.41, 5.74) is 6.65. The lowest BCUT2D eigenvalue weighted by atomic mass is 9.77. The Morgan fingerprint density at radius 1 is 0.882 bits per heavy atom. The maximum absolute atomic E-state index is 13.3. The van der Waals surface area contributed by atoms with Crippen LogP contribution in [-0.4, -0.2) is 23.6 Å². The van der Waals surface area contributed by atoms with Gasteiger partial charge in [0.15, 0.2) is 5.60 Å². The highest BCUT2D eigenvalue weighted by Gasteiger charge is 2.52. The molecule has 0 saturated carbocycles. The van der Waals surface area contributed by atoms with Crippen molar-refractivity contribution in [3.63, 3.8) is 0 Å². The third-order valence-electron chi connectivity index (χ3n) is 6.82. The summed E-state index contributed by atoms with van der Waals surface area (Å²) in [7, 11) is 0. The fourth-order valence-corrected chi connectivity index (χ4v) is 5.52. The third kappa shape index (κ3) is 3.11. The molecule has 1 aliphatic rings. The van der Waals surface area contributed by atoms with Crippen molar-refractivity contribution >= 4 is 28.2 Å². The highest BCUT2D eigenvalue weighted by molar-refractivity contribution is 5.99. The first kappa shape index (κ1) is 22.1. The van der Waals surface area contributed by atoms with Gasteiger partial charge in [-0.05, 0) is 52.0 Å². The summed E-state index contributed by atoms with van der Waals surface area (Å²) in [6.07, 6.45) is 0. The summed E-state index contributed by atoms with van der Waals surface area (Å²) in [5.74, 6) is -0.290. The monoisotopic (exact) mass is 453 g/mol. The topological polar surface area (TPSA) is 55.3 Å². The highest BCUT2D eigenvalue weighted by Crippen LogP contribution is 2.52. The van der Waals surface area contributed by atoms with Gasteiger partial charge in [-0.15, -0.1) is 0 Å². The van der Waals surface area contributed by atoms with Crippen molar-refractivity contribution in [3.05, 3.63) is 94.7 Å². The van der Waals surface area contributed by atoms with Crippen LogP contribution in [0.1, 0.15) is 53.5 Å². The Balaban J connectivity index is 1.92. The molecule has 1 unspecified atom stereocenters. The number of nitrogens with zero attached hydrogens (tertiary/aromatic N) is 1. The van der Waals surface area contributed by atoms with Gasteiger partial charge in [-0.1, -0.05) is 42.5 Å². The number of esters is 1. The van der Waals surface area contributed by atoms with Gasteiger partial charge in [0.1, 0.15) is 0 Å². The second kappa shape index (κ2) is 8.56. The van der Waals surface area contributed by atoms with Crippen molar-refractivity contribution in [1.29, 1.82) is 0 Å². The number of cyclic esters (lactones) is 1. The number of carbonyl (C=O) groups excluding carboxylic acids is 1. The molecule has 5 rings (SSSR count). The van der Waals surface area contributed by atoms with Crippen molar-refractivity contribution in [2.75, 3.05) is 23.7 Å². The van der Waals surface area contributed by atoms with Crippen molar-refractivity contribution in [2.24, 2.45) is 0 Å². The van der Waals surface area contributed by atoms with E-state index < -0.39 is 5.60 Å². The summed E-state index contributed by atoms with van der Waals surface area (Å²) in [6.45, 7) is 10.9. The molecule has 2 heterocycles. The number of benzene rings is 3. The number of ether oxygens (including phenoxy) is 1. The molecule has 1 aromatic heterocycles. The number of rotatable bonds is 7. The van der Waals surface area contributed by atoms with Crippen LogP contribution in [-0.2, 0) is 16.9 Å². The first-order valence-corrected chi connectivity index (χ1v) is 12.1.